The number of benzene rings is 2. The molecule has 8 nitrogen and oxygen atoms in total. The molecule has 0 spiro atoms. The number of carboxylic acids is 1. The number of non-ortho nitro benzene ring substituents is 1. The van der Waals surface area contributed by atoms with Crippen molar-refractivity contribution < 1.29 is 24.3 Å². The van der Waals surface area contributed by atoms with E-state index in [1.54, 1.807) is 19.2 Å². The van der Waals surface area contributed by atoms with Crippen molar-refractivity contribution >= 4 is 11.7 Å². The van der Waals surface area contributed by atoms with E-state index in [1.807, 2.05) is 18.2 Å². The minimum absolute atomic E-state index is 0.0387. The molecule has 2 aromatic rings. The van der Waals surface area contributed by atoms with Gasteiger partial charge in [0, 0.05) is 31.8 Å². The summed E-state index contributed by atoms with van der Waals surface area (Å²) in [5, 5.41) is 19.6. The van der Waals surface area contributed by atoms with Crippen LogP contribution in [0, 0.1) is 16.0 Å². The average molecular weight is 372 g/mol. The van der Waals surface area contributed by atoms with E-state index in [9.17, 15) is 14.9 Å². The minimum atomic E-state index is -0.751. The Bertz CT molecular complexity index is 831. The molecule has 27 heavy (non-hydrogen) atoms. The molecule has 0 amide bonds. The van der Waals surface area contributed by atoms with Gasteiger partial charge < -0.3 is 14.6 Å². The zero-order valence-corrected chi connectivity index (χ0v) is 14.8. The third-order valence-electron chi connectivity index (χ3n) is 4.48. The molecule has 0 aromatic heterocycles. The van der Waals surface area contributed by atoms with Crippen LogP contribution in [-0.2, 0) is 17.9 Å². The van der Waals surface area contributed by atoms with Crippen molar-refractivity contribution in [3.05, 3.63) is 63.7 Å². The summed E-state index contributed by atoms with van der Waals surface area (Å²) in [6.45, 7) is 2.02. The fourth-order valence-electron chi connectivity index (χ4n) is 2.92. The van der Waals surface area contributed by atoms with Gasteiger partial charge in [0.05, 0.1) is 18.0 Å². The van der Waals surface area contributed by atoms with Gasteiger partial charge in [-0.15, -0.1) is 0 Å². The van der Waals surface area contributed by atoms with E-state index in [2.05, 4.69) is 4.90 Å². The highest BCUT2D eigenvalue weighted by atomic mass is 16.6. The highest BCUT2D eigenvalue weighted by molar-refractivity contribution is 5.71. The Morgan fingerprint density at radius 2 is 1.85 bits per heavy atom. The molecule has 1 fully saturated rings. The van der Waals surface area contributed by atoms with Crippen LogP contribution in [0.5, 0.6) is 11.5 Å². The van der Waals surface area contributed by atoms with Crippen LogP contribution < -0.4 is 9.47 Å². The second-order valence-corrected chi connectivity index (χ2v) is 6.43. The lowest BCUT2D eigenvalue weighted by atomic mass is 9.99. The number of hydrogen-bond donors (Lipinski definition) is 1. The van der Waals surface area contributed by atoms with Gasteiger partial charge in [-0.3, -0.25) is 19.8 Å². The summed E-state index contributed by atoms with van der Waals surface area (Å²) in [6.07, 6.45) is 0. The van der Waals surface area contributed by atoms with Crippen molar-refractivity contribution in [1.82, 2.24) is 4.90 Å². The van der Waals surface area contributed by atoms with E-state index in [0.29, 0.717) is 31.1 Å². The minimum Gasteiger partial charge on any atom is -0.493 e. The largest absolute Gasteiger partial charge is 0.493 e. The lowest BCUT2D eigenvalue weighted by molar-refractivity contribution is -0.384. The number of hydrogen-bond acceptors (Lipinski definition) is 6. The Morgan fingerprint density at radius 1 is 1.19 bits per heavy atom. The fourth-order valence-corrected chi connectivity index (χ4v) is 2.92. The highest BCUT2D eigenvalue weighted by Gasteiger charge is 2.32. The molecule has 0 unspecified atom stereocenters. The maximum Gasteiger partial charge on any atom is 0.309 e. The molecule has 3 rings (SSSR count). The molecule has 0 saturated carbocycles. The van der Waals surface area contributed by atoms with E-state index in [-0.39, 0.29) is 18.2 Å². The second kappa shape index (κ2) is 8.05. The smallest absolute Gasteiger partial charge is 0.309 e. The Labute approximate surface area is 156 Å². The topological polar surface area (TPSA) is 102 Å². The molecule has 0 atom stereocenters. The predicted molar refractivity (Wildman–Crippen MR) is 96.8 cm³/mol. The van der Waals surface area contributed by atoms with Gasteiger partial charge in [-0.1, -0.05) is 6.07 Å². The number of carbonyl (C=O) groups is 1. The third-order valence-corrected chi connectivity index (χ3v) is 4.48. The molecular weight excluding hydrogens is 352 g/mol. The van der Waals surface area contributed by atoms with Crippen LogP contribution in [-0.4, -0.2) is 41.1 Å². The zero-order chi connectivity index (χ0) is 19.4. The molecule has 8 heteroatoms. The molecule has 0 bridgehead atoms. The van der Waals surface area contributed by atoms with Crippen molar-refractivity contribution in [3.8, 4) is 11.5 Å². The molecule has 1 saturated heterocycles. The highest BCUT2D eigenvalue weighted by Crippen LogP contribution is 2.30. The molecule has 0 radical (unpaired) electrons. The number of nitro groups is 1. The summed E-state index contributed by atoms with van der Waals surface area (Å²) in [7, 11) is 1.56. The molecular formula is C19H20N2O6. The molecule has 1 heterocycles. The summed E-state index contributed by atoms with van der Waals surface area (Å²) in [5.74, 6) is 0.131. The number of nitrogens with zero attached hydrogens (tertiary/aromatic N) is 2. The van der Waals surface area contributed by atoms with Gasteiger partial charge in [0.2, 0.25) is 0 Å². The van der Waals surface area contributed by atoms with Crippen molar-refractivity contribution in [2.24, 2.45) is 5.92 Å². The SMILES string of the molecule is COc1cc(CN2CC(C(=O)O)C2)ccc1OCc1ccc([N+](=O)[O-])cc1. The van der Waals surface area contributed by atoms with Crippen LogP contribution >= 0.6 is 0 Å². The van der Waals surface area contributed by atoms with E-state index in [1.165, 1.54) is 12.1 Å². The summed E-state index contributed by atoms with van der Waals surface area (Å²) < 4.78 is 11.2. The molecule has 1 N–H and O–H groups in total. The molecule has 0 aliphatic carbocycles. The maximum absolute atomic E-state index is 10.9. The Balaban J connectivity index is 1.59. The summed E-state index contributed by atoms with van der Waals surface area (Å²) in [5.41, 5.74) is 1.86. The van der Waals surface area contributed by atoms with Crippen molar-refractivity contribution in [2.75, 3.05) is 20.2 Å². The van der Waals surface area contributed by atoms with Gasteiger partial charge in [-0.2, -0.15) is 0 Å². The molecule has 1 aliphatic rings. The first-order chi connectivity index (χ1) is 13.0. The number of carboxylic acid groups (broad SMARTS) is 1. The van der Waals surface area contributed by atoms with Crippen LogP contribution in [0.2, 0.25) is 0 Å². The Hall–Kier alpha value is -3.13. The van der Waals surface area contributed by atoms with Crippen molar-refractivity contribution in [1.29, 1.82) is 0 Å². The summed E-state index contributed by atoms with van der Waals surface area (Å²) in [4.78, 5) is 23.2. The Morgan fingerprint density at radius 3 is 2.44 bits per heavy atom. The number of rotatable bonds is 8. The fraction of sp³-hybridized carbons (Fsp3) is 0.316. The van der Waals surface area contributed by atoms with Gasteiger partial charge >= 0.3 is 5.97 Å². The molecule has 1 aliphatic heterocycles. The first-order valence-electron chi connectivity index (χ1n) is 8.44. The van der Waals surface area contributed by atoms with Gasteiger partial charge in [0.25, 0.3) is 5.69 Å². The first-order valence-corrected chi connectivity index (χ1v) is 8.44. The first kappa shape index (κ1) is 18.7. The van der Waals surface area contributed by atoms with Crippen LogP contribution in [0.3, 0.4) is 0 Å². The quantitative estimate of drug-likeness (QED) is 0.561. The van der Waals surface area contributed by atoms with Gasteiger partial charge in [0.15, 0.2) is 11.5 Å². The van der Waals surface area contributed by atoms with Crippen LogP contribution in [0.25, 0.3) is 0 Å². The van der Waals surface area contributed by atoms with E-state index < -0.39 is 10.9 Å². The number of aliphatic carboxylic acids is 1. The third kappa shape index (κ3) is 4.53. The molecule has 2 aromatic carbocycles. The lowest BCUT2D eigenvalue weighted by Gasteiger charge is -2.36. The van der Waals surface area contributed by atoms with Gasteiger partial charge in [-0.05, 0) is 35.4 Å². The number of likely N-dealkylation sites (tertiary alicyclic amines) is 1. The second-order valence-electron chi connectivity index (χ2n) is 6.43. The maximum atomic E-state index is 10.9. The zero-order valence-electron chi connectivity index (χ0n) is 14.8. The average Bonchev–Trinajstić information content (AvgIpc) is 2.62. The normalized spacial score (nSPS) is 14.4. The van der Waals surface area contributed by atoms with E-state index in [4.69, 9.17) is 14.6 Å². The number of ether oxygens (including phenoxy) is 2. The predicted octanol–water partition coefficient (Wildman–Crippen LogP) is 2.70. The molecule has 142 valence electrons. The Kier molecular flexibility index (Phi) is 5.56. The van der Waals surface area contributed by atoms with Gasteiger partial charge in [0.1, 0.15) is 6.61 Å². The van der Waals surface area contributed by atoms with Gasteiger partial charge in [-0.25, -0.2) is 0 Å². The van der Waals surface area contributed by atoms with Crippen molar-refractivity contribution in [2.45, 2.75) is 13.2 Å². The summed E-state index contributed by atoms with van der Waals surface area (Å²) in [6, 6.07) is 11.8. The van der Waals surface area contributed by atoms with Crippen LogP contribution in [0.1, 0.15) is 11.1 Å². The standard InChI is InChI=1S/C19H20N2O6/c1-26-18-8-14(9-20-10-15(11-20)19(22)23)4-7-17(18)27-12-13-2-5-16(6-3-13)21(24)25/h2-8,15H,9-12H2,1H3,(H,22,23). The van der Waals surface area contributed by atoms with Crippen molar-refractivity contribution in [3.63, 3.8) is 0 Å². The number of methoxy groups -OCH3 is 1. The lowest BCUT2D eigenvalue weighted by Crippen LogP contribution is -2.49. The monoisotopic (exact) mass is 372 g/mol. The van der Waals surface area contributed by atoms with Crippen LogP contribution in [0.15, 0.2) is 42.5 Å². The van der Waals surface area contributed by atoms with Crippen LogP contribution in [0.4, 0.5) is 5.69 Å². The van der Waals surface area contributed by atoms with E-state index in [0.717, 1.165) is 11.1 Å². The summed E-state index contributed by atoms with van der Waals surface area (Å²) >= 11 is 0. The van der Waals surface area contributed by atoms with E-state index >= 15 is 0 Å². The number of nitro benzene ring substituents is 1.